The van der Waals surface area contributed by atoms with Crippen LogP contribution in [-0.4, -0.2) is 14.9 Å². The molecule has 0 unspecified atom stereocenters. The first-order valence-electron chi connectivity index (χ1n) is 4.20. The molecule has 1 atom stereocenters. The fraction of sp³-hybridized carbons (Fsp3) is 0.714. The van der Waals surface area contributed by atoms with E-state index in [0.29, 0.717) is 16.5 Å². The molecule has 1 aromatic rings. The molecule has 0 aromatic carbocycles. The van der Waals surface area contributed by atoms with Crippen LogP contribution in [-0.2, 0) is 0 Å². The molecule has 0 aliphatic heterocycles. The summed E-state index contributed by atoms with van der Waals surface area (Å²) in [6, 6.07) is -0.155. The maximum Gasteiger partial charge on any atom is 0.214 e. The molecule has 0 radical (unpaired) electrons. The Labute approximate surface area is 82.1 Å². The van der Waals surface area contributed by atoms with Gasteiger partial charge in [0.15, 0.2) is 5.82 Å². The van der Waals surface area contributed by atoms with Gasteiger partial charge in [0.25, 0.3) is 0 Å². The lowest BCUT2D eigenvalue weighted by Crippen LogP contribution is -2.22. The molecule has 0 bridgehead atoms. The van der Waals surface area contributed by atoms with Gasteiger partial charge >= 0.3 is 0 Å². The highest BCUT2D eigenvalue weighted by Gasteiger charge is 2.14. The number of hydrogen-bond acceptors (Lipinski definition) is 4. The van der Waals surface area contributed by atoms with E-state index in [9.17, 15) is 0 Å². The molecule has 0 fully saturated rings. The van der Waals surface area contributed by atoms with E-state index in [1.54, 1.807) is 0 Å². The largest absolute Gasteiger partial charge is 0.335 e. The van der Waals surface area contributed by atoms with Crippen molar-refractivity contribution in [1.82, 2.24) is 14.9 Å². The third-order valence-electron chi connectivity index (χ3n) is 1.79. The third-order valence-corrected chi connectivity index (χ3v) is 2.08. The minimum Gasteiger partial charge on any atom is -0.335 e. The predicted molar refractivity (Wildman–Crippen MR) is 53.9 cm³/mol. The minimum absolute atomic E-state index is 0.155. The summed E-state index contributed by atoms with van der Waals surface area (Å²) >= 11 is 4.87. The number of nitrogen functional groups attached to an aromatic ring is 1. The topological polar surface area (TPSA) is 85.6 Å². The van der Waals surface area contributed by atoms with Crippen LogP contribution in [0.3, 0.4) is 0 Å². The zero-order valence-electron chi connectivity index (χ0n) is 7.82. The van der Waals surface area contributed by atoms with E-state index in [2.05, 4.69) is 24.0 Å². The standard InChI is InChI=1S/C7H15N5S/c1-4(2)3-5(8)6-10-11-7(13)12(6)9/h4-5H,3,8-9H2,1-2H3,(H,11,13)/t5-/m0/s1. The summed E-state index contributed by atoms with van der Waals surface area (Å²) in [6.07, 6.45) is 0.844. The Hall–Kier alpha value is -0.880. The Morgan fingerprint density at radius 1 is 1.62 bits per heavy atom. The van der Waals surface area contributed by atoms with Gasteiger partial charge < -0.3 is 11.6 Å². The maximum absolute atomic E-state index is 5.88. The lowest BCUT2D eigenvalue weighted by atomic mass is 10.0. The van der Waals surface area contributed by atoms with Gasteiger partial charge in [-0.15, -0.1) is 0 Å². The van der Waals surface area contributed by atoms with Gasteiger partial charge in [-0.1, -0.05) is 13.8 Å². The third kappa shape index (κ3) is 2.28. The van der Waals surface area contributed by atoms with Crippen LogP contribution in [0.5, 0.6) is 0 Å². The van der Waals surface area contributed by atoms with Gasteiger partial charge in [0.05, 0.1) is 6.04 Å². The van der Waals surface area contributed by atoms with E-state index in [4.69, 9.17) is 23.8 Å². The number of nitrogens with two attached hydrogens (primary N) is 2. The molecule has 13 heavy (non-hydrogen) atoms. The molecule has 1 rings (SSSR count). The normalized spacial score (nSPS) is 13.5. The second kappa shape index (κ2) is 3.89. The van der Waals surface area contributed by atoms with E-state index in [1.807, 2.05) is 0 Å². The Kier molecular flexibility index (Phi) is 3.05. The van der Waals surface area contributed by atoms with Crippen molar-refractivity contribution in [2.45, 2.75) is 26.3 Å². The van der Waals surface area contributed by atoms with Gasteiger partial charge in [0.1, 0.15) is 0 Å². The van der Waals surface area contributed by atoms with Crippen LogP contribution < -0.4 is 11.6 Å². The van der Waals surface area contributed by atoms with Gasteiger partial charge in [0.2, 0.25) is 4.77 Å². The number of aromatic nitrogens is 3. The number of aromatic amines is 1. The summed E-state index contributed by atoms with van der Waals surface area (Å²) in [5.41, 5.74) is 5.88. The highest BCUT2D eigenvalue weighted by Crippen LogP contribution is 2.15. The van der Waals surface area contributed by atoms with Gasteiger partial charge in [0, 0.05) is 0 Å². The van der Waals surface area contributed by atoms with E-state index < -0.39 is 0 Å². The molecule has 0 aliphatic carbocycles. The predicted octanol–water partition coefficient (Wildman–Crippen LogP) is 0.700. The van der Waals surface area contributed by atoms with Crippen LogP contribution in [0.25, 0.3) is 0 Å². The van der Waals surface area contributed by atoms with Crippen molar-refractivity contribution >= 4 is 12.2 Å². The highest BCUT2D eigenvalue weighted by atomic mass is 32.1. The summed E-state index contributed by atoms with van der Waals surface area (Å²) in [6.45, 7) is 4.20. The van der Waals surface area contributed by atoms with E-state index in [1.165, 1.54) is 4.68 Å². The summed E-state index contributed by atoms with van der Waals surface area (Å²) < 4.78 is 1.72. The van der Waals surface area contributed by atoms with Crippen LogP contribution in [0.2, 0.25) is 0 Å². The quantitative estimate of drug-likeness (QED) is 0.496. The number of nitrogens with one attached hydrogen (secondary N) is 1. The van der Waals surface area contributed by atoms with Crippen molar-refractivity contribution < 1.29 is 0 Å². The van der Waals surface area contributed by atoms with Gasteiger partial charge in [-0.2, -0.15) is 5.10 Å². The second-order valence-corrected chi connectivity index (χ2v) is 3.88. The van der Waals surface area contributed by atoms with E-state index in [0.717, 1.165) is 6.42 Å². The van der Waals surface area contributed by atoms with Crippen LogP contribution in [0, 0.1) is 10.7 Å². The van der Waals surface area contributed by atoms with Gasteiger partial charge in [-0.3, -0.25) is 5.10 Å². The second-order valence-electron chi connectivity index (χ2n) is 3.49. The number of H-pyrrole nitrogens is 1. The summed E-state index contributed by atoms with van der Waals surface area (Å²) in [5, 5.41) is 6.57. The van der Waals surface area contributed by atoms with Crippen molar-refractivity contribution in [1.29, 1.82) is 0 Å². The van der Waals surface area contributed by atoms with Crippen molar-refractivity contribution in [3.63, 3.8) is 0 Å². The van der Waals surface area contributed by atoms with Crippen molar-refractivity contribution in [2.24, 2.45) is 11.7 Å². The zero-order chi connectivity index (χ0) is 10.0. The first-order valence-corrected chi connectivity index (χ1v) is 4.61. The Morgan fingerprint density at radius 3 is 2.62 bits per heavy atom. The number of nitrogens with zero attached hydrogens (tertiary/aromatic N) is 2. The van der Waals surface area contributed by atoms with Crippen LogP contribution in [0.1, 0.15) is 32.1 Å². The molecule has 6 heteroatoms. The first kappa shape index (κ1) is 10.2. The SMILES string of the molecule is CC(C)C[C@H](N)c1n[nH]c(=S)n1N. The molecule has 74 valence electrons. The number of hydrogen-bond donors (Lipinski definition) is 3. The molecule has 1 aromatic heterocycles. The molecule has 5 N–H and O–H groups in total. The molecule has 1 heterocycles. The Bertz CT molecular complexity index is 326. The Balaban J connectivity index is 2.83. The summed E-state index contributed by atoms with van der Waals surface area (Å²) in [4.78, 5) is 0. The maximum atomic E-state index is 5.88. The Morgan fingerprint density at radius 2 is 2.23 bits per heavy atom. The molecule has 5 nitrogen and oxygen atoms in total. The van der Waals surface area contributed by atoms with Crippen LogP contribution >= 0.6 is 12.2 Å². The molecular formula is C7H15N5S. The first-order chi connectivity index (χ1) is 6.02. The average molecular weight is 201 g/mol. The highest BCUT2D eigenvalue weighted by molar-refractivity contribution is 7.71. The minimum atomic E-state index is -0.155. The lowest BCUT2D eigenvalue weighted by molar-refractivity contribution is 0.485. The summed E-state index contributed by atoms with van der Waals surface area (Å²) in [5.74, 6) is 6.74. The van der Waals surface area contributed by atoms with Crippen LogP contribution in [0.15, 0.2) is 0 Å². The van der Waals surface area contributed by atoms with Gasteiger partial charge in [-0.25, -0.2) is 4.68 Å². The lowest BCUT2D eigenvalue weighted by Gasteiger charge is -2.12. The van der Waals surface area contributed by atoms with Crippen molar-refractivity contribution in [3.05, 3.63) is 10.6 Å². The van der Waals surface area contributed by atoms with Crippen molar-refractivity contribution in [2.75, 3.05) is 5.84 Å². The van der Waals surface area contributed by atoms with E-state index >= 15 is 0 Å². The van der Waals surface area contributed by atoms with E-state index in [-0.39, 0.29) is 6.04 Å². The number of rotatable bonds is 3. The van der Waals surface area contributed by atoms with Crippen LogP contribution in [0.4, 0.5) is 0 Å². The zero-order valence-corrected chi connectivity index (χ0v) is 8.64. The fourth-order valence-corrected chi connectivity index (χ4v) is 1.33. The molecule has 0 spiro atoms. The molecular weight excluding hydrogens is 186 g/mol. The monoisotopic (exact) mass is 201 g/mol. The smallest absolute Gasteiger partial charge is 0.214 e. The summed E-state index contributed by atoms with van der Waals surface area (Å²) in [7, 11) is 0. The van der Waals surface area contributed by atoms with Gasteiger partial charge in [-0.05, 0) is 24.6 Å². The fourth-order valence-electron chi connectivity index (χ4n) is 1.19. The molecule has 0 saturated carbocycles. The van der Waals surface area contributed by atoms with Crippen molar-refractivity contribution in [3.8, 4) is 0 Å². The average Bonchev–Trinajstić information content (AvgIpc) is 2.31. The molecule has 0 aliphatic rings. The molecule has 0 amide bonds. The molecule has 0 saturated heterocycles.